The standard InChI is InChI=1S/C9H7FN2O4S/c1-6-9(11-16-12(6)13)17(14,15)8-4-2-7(10)3-5-8/h2-5H,1H3. The number of aromatic nitrogens is 2. The van der Waals surface area contributed by atoms with Crippen molar-refractivity contribution in [1.82, 2.24) is 5.16 Å². The molecule has 90 valence electrons. The van der Waals surface area contributed by atoms with Gasteiger partial charge in [0.05, 0.1) is 10.1 Å². The number of nitrogens with zero attached hydrogens (tertiary/aromatic N) is 2. The van der Waals surface area contributed by atoms with E-state index < -0.39 is 20.7 Å². The van der Waals surface area contributed by atoms with E-state index in [4.69, 9.17) is 0 Å². The molecule has 0 saturated carbocycles. The van der Waals surface area contributed by atoms with Crippen molar-refractivity contribution in [3.05, 3.63) is 41.0 Å². The maximum absolute atomic E-state index is 12.7. The van der Waals surface area contributed by atoms with Crippen LogP contribution in [0.4, 0.5) is 4.39 Å². The molecule has 8 heteroatoms. The number of rotatable bonds is 2. The van der Waals surface area contributed by atoms with Gasteiger partial charge in [-0.3, -0.25) is 4.63 Å². The summed E-state index contributed by atoms with van der Waals surface area (Å²) in [5.41, 5.74) is -0.172. The van der Waals surface area contributed by atoms with Gasteiger partial charge >= 0.3 is 5.03 Å². The number of halogens is 1. The molecule has 17 heavy (non-hydrogen) atoms. The van der Waals surface area contributed by atoms with Crippen molar-refractivity contribution in [2.24, 2.45) is 0 Å². The Morgan fingerprint density at radius 3 is 2.41 bits per heavy atom. The van der Waals surface area contributed by atoms with Gasteiger partial charge in [0.15, 0.2) is 0 Å². The summed E-state index contributed by atoms with van der Waals surface area (Å²) in [7, 11) is -3.96. The second-order valence-electron chi connectivity index (χ2n) is 3.28. The normalized spacial score (nSPS) is 11.6. The lowest BCUT2D eigenvalue weighted by molar-refractivity contribution is -0.807. The van der Waals surface area contributed by atoms with Crippen LogP contribution < -0.4 is 4.90 Å². The molecule has 0 N–H and O–H groups in total. The average molecular weight is 258 g/mol. The van der Waals surface area contributed by atoms with Gasteiger partial charge in [0.2, 0.25) is 5.69 Å². The van der Waals surface area contributed by atoms with Crippen LogP contribution in [0.3, 0.4) is 0 Å². The van der Waals surface area contributed by atoms with E-state index in [-0.39, 0.29) is 15.5 Å². The third-order valence-corrected chi connectivity index (χ3v) is 3.93. The zero-order valence-electron chi connectivity index (χ0n) is 8.62. The first-order valence-corrected chi connectivity index (χ1v) is 5.98. The minimum absolute atomic E-state index is 0.00356. The van der Waals surface area contributed by atoms with Crippen LogP contribution in [0.1, 0.15) is 5.69 Å². The van der Waals surface area contributed by atoms with Gasteiger partial charge in [-0.1, -0.05) is 0 Å². The van der Waals surface area contributed by atoms with E-state index in [0.29, 0.717) is 0 Å². The molecule has 0 radical (unpaired) electrons. The SMILES string of the molecule is Cc1c(S(=O)(=O)c2ccc(F)cc2)no[n+]1[O-]. The van der Waals surface area contributed by atoms with Crippen LogP contribution >= 0.6 is 0 Å². The van der Waals surface area contributed by atoms with E-state index >= 15 is 0 Å². The molecule has 0 saturated heterocycles. The van der Waals surface area contributed by atoms with Gasteiger partial charge in [-0.2, -0.15) is 0 Å². The van der Waals surface area contributed by atoms with Crippen LogP contribution in [0.25, 0.3) is 0 Å². The van der Waals surface area contributed by atoms with Gasteiger partial charge in [-0.15, -0.1) is 0 Å². The van der Waals surface area contributed by atoms with Crippen LogP contribution in [-0.2, 0) is 9.84 Å². The highest BCUT2D eigenvalue weighted by atomic mass is 32.2. The van der Waals surface area contributed by atoms with Gasteiger partial charge in [-0.05, 0) is 29.2 Å². The second kappa shape index (κ2) is 3.81. The lowest BCUT2D eigenvalue weighted by Crippen LogP contribution is -2.26. The van der Waals surface area contributed by atoms with E-state index in [1.807, 2.05) is 0 Å². The molecule has 0 fully saturated rings. The van der Waals surface area contributed by atoms with E-state index in [1.165, 1.54) is 6.92 Å². The summed E-state index contributed by atoms with van der Waals surface area (Å²) in [6, 6.07) is 4.20. The molecule has 0 aliphatic carbocycles. The lowest BCUT2D eigenvalue weighted by Gasteiger charge is -1.98. The van der Waals surface area contributed by atoms with E-state index in [1.54, 1.807) is 0 Å². The van der Waals surface area contributed by atoms with Gasteiger partial charge in [0, 0.05) is 6.92 Å². The maximum Gasteiger partial charge on any atom is 0.338 e. The summed E-state index contributed by atoms with van der Waals surface area (Å²) >= 11 is 0. The average Bonchev–Trinajstić information content (AvgIpc) is 2.61. The van der Waals surface area contributed by atoms with Crippen LogP contribution in [0.15, 0.2) is 38.8 Å². The quantitative estimate of drug-likeness (QED) is 0.581. The molecule has 2 aromatic rings. The van der Waals surface area contributed by atoms with Crippen molar-refractivity contribution >= 4 is 9.84 Å². The highest BCUT2D eigenvalue weighted by Gasteiger charge is 2.31. The van der Waals surface area contributed by atoms with Crippen LogP contribution in [0, 0.1) is 17.9 Å². The first kappa shape index (κ1) is 11.5. The van der Waals surface area contributed by atoms with Crippen molar-refractivity contribution in [2.45, 2.75) is 16.8 Å². The summed E-state index contributed by atoms with van der Waals surface area (Å²) in [4.78, 5) is -0.160. The van der Waals surface area contributed by atoms with Crippen molar-refractivity contribution in [1.29, 1.82) is 0 Å². The Bertz CT molecular complexity index is 648. The van der Waals surface area contributed by atoms with E-state index in [2.05, 4.69) is 9.79 Å². The summed E-state index contributed by atoms with van der Waals surface area (Å²) in [6.07, 6.45) is 0. The second-order valence-corrected chi connectivity index (χ2v) is 5.14. The Morgan fingerprint density at radius 1 is 1.35 bits per heavy atom. The van der Waals surface area contributed by atoms with Crippen LogP contribution in [0.2, 0.25) is 0 Å². The largest absolute Gasteiger partial charge is 0.359 e. The molecule has 0 aliphatic heterocycles. The Morgan fingerprint density at radius 2 is 1.94 bits per heavy atom. The molecule has 0 spiro atoms. The Balaban J connectivity index is 2.58. The van der Waals surface area contributed by atoms with Crippen LogP contribution in [-0.4, -0.2) is 13.6 Å². The van der Waals surface area contributed by atoms with Gasteiger partial charge in [0.1, 0.15) is 5.82 Å². The molecule has 1 heterocycles. The predicted molar refractivity (Wildman–Crippen MR) is 52.1 cm³/mol. The molecule has 0 atom stereocenters. The molecule has 6 nitrogen and oxygen atoms in total. The number of benzene rings is 1. The third kappa shape index (κ3) is 1.86. The van der Waals surface area contributed by atoms with Crippen LogP contribution in [0.5, 0.6) is 0 Å². The highest BCUT2D eigenvalue weighted by molar-refractivity contribution is 7.91. The van der Waals surface area contributed by atoms with Crippen molar-refractivity contribution < 1.29 is 22.3 Å². The minimum Gasteiger partial charge on any atom is -0.359 e. The zero-order valence-corrected chi connectivity index (χ0v) is 9.44. The van der Waals surface area contributed by atoms with Crippen molar-refractivity contribution in [2.75, 3.05) is 0 Å². The Kier molecular flexibility index (Phi) is 2.58. The smallest absolute Gasteiger partial charge is 0.338 e. The molecule has 0 aliphatic rings. The molecular weight excluding hydrogens is 251 g/mol. The third-order valence-electron chi connectivity index (χ3n) is 2.16. The topological polar surface area (TPSA) is 87.1 Å². The molecule has 2 rings (SSSR count). The Labute approximate surface area is 95.7 Å². The van der Waals surface area contributed by atoms with Gasteiger partial charge < -0.3 is 5.21 Å². The van der Waals surface area contributed by atoms with E-state index in [9.17, 15) is 18.0 Å². The first-order chi connectivity index (χ1) is 7.93. The highest BCUT2D eigenvalue weighted by Crippen LogP contribution is 2.20. The summed E-state index contributed by atoms with van der Waals surface area (Å²) in [5.74, 6) is -0.556. The predicted octanol–water partition coefficient (Wildman–Crippen LogP) is 0.588. The monoisotopic (exact) mass is 258 g/mol. The molecular formula is C9H7FN2O4S. The van der Waals surface area contributed by atoms with Gasteiger partial charge in [0.25, 0.3) is 9.84 Å². The molecule has 1 aromatic carbocycles. The lowest BCUT2D eigenvalue weighted by atomic mass is 10.4. The molecule has 0 unspecified atom stereocenters. The number of hydrogen-bond acceptors (Lipinski definition) is 5. The fourth-order valence-corrected chi connectivity index (χ4v) is 2.56. The number of sulfone groups is 1. The Hall–Kier alpha value is -1.96. The van der Waals surface area contributed by atoms with E-state index in [0.717, 1.165) is 24.3 Å². The van der Waals surface area contributed by atoms with Gasteiger partial charge in [-0.25, -0.2) is 12.8 Å². The summed E-state index contributed by atoms with van der Waals surface area (Å²) in [6.45, 7) is 1.26. The van der Waals surface area contributed by atoms with Crippen molar-refractivity contribution in [3.8, 4) is 0 Å². The maximum atomic E-state index is 12.7. The summed E-state index contributed by atoms with van der Waals surface area (Å²) < 4.78 is 40.8. The van der Waals surface area contributed by atoms with Crippen molar-refractivity contribution in [3.63, 3.8) is 0 Å². The fraction of sp³-hybridized carbons (Fsp3) is 0.111. The first-order valence-electron chi connectivity index (χ1n) is 4.50. The fourth-order valence-electron chi connectivity index (χ4n) is 1.25. The molecule has 0 amide bonds. The summed E-state index contributed by atoms with van der Waals surface area (Å²) in [5, 5.41) is 13.6. The molecule has 0 bridgehead atoms. The zero-order chi connectivity index (χ0) is 12.6. The molecule has 1 aromatic heterocycles. The number of hydrogen-bond donors (Lipinski definition) is 0. The minimum atomic E-state index is -3.96.